The third kappa shape index (κ3) is 5.22. The zero-order valence-corrected chi connectivity index (χ0v) is 12.6. The minimum absolute atomic E-state index is 0.00287. The number of non-ortho nitro benzene ring substituents is 1. The van der Waals surface area contributed by atoms with E-state index in [4.69, 9.17) is 4.42 Å². The number of thioether (sulfide) groups is 1. The van der Waals surface area contributed by atoms with Crippen molar-refractivity contribution in [1.29, 1.82) is 0 Å². The van der Waals surface area contributed by atoms with E-state index in [2.05, 4.69) is 10.2 Å². The van der Waals surface area contributed by atoms with Gasteiger partial charge in [-0.25, -0.2) is 0 Å². The van der Waals surface area contributed by atoms with Crippen LogP contribution < -0.4 is 5.32 Å². The molecule has 128 valence electrons. The third-order valence-electron chi connectivity index (χ3n) is 2.52. The zero-order chi connectivity index (χ0) is 17.7. The summed E-state index contributed by atoms with van der Waals surface area (Å²) in [5, 5.41) is 19.7. The van der Waals surface area contributed by atoms with Gasteiger partial charge in [0.1, 0.15) is 6.54 Å². The molecule has 1 aromatic carbocycles. The first kappa shape index (κ1) is 17.7. The van der Waals surface area contributed by atoms with Gasteiger partial charge in [0.15, 0.2) is 0 Å². The third-order valence-corrected chi connectivity index (χ3v) is 3.34. The SMILES string of the molecule is O=C(CSc1nnc(-c2cccc([N+](=O)[O-])c2)o1)NCC(F)(F)F. The van der Waals surface area contributed by atoms with E-state index in [0.29, 0.717) is 5.56 Å². The number of hydrogen-bond donors (Lipinski definition) is 1. The van der Waals surface area contributed by atoms with Crippen molar-refractivity contribution in [3.8, 4) is 11.5 Å². The van der Waals surface area contributed by atoms with E-state index in [0.717, 1.165) is 11.8 Å². The van der Waals surface area contributed by atoms with Crippen LogP contribution in [0, 0.1) is 10.1 Å². The molecule has 0 aliphatic rings. The van der Waals surface area contributed by atoms with Gasteiger partial charge in [0, 0.05) is 17.7 Å². The van der Waals surface area contributed by atoms with E-state index in [9.17, 15) is 28.1 Å². The number of nitrogens with zero attached hydrogens (tertiary/aromatic N) is 3. The standard InChI is InChI=1S/C12H9F3N4O4S/c13-12(14,15)6-16-9(20)5-24-11-18-17-10(23-11)7-2-1-3-8(4-7)19(21)22/h1-4H,5-6H2,(H,16,20). The van der Waals surface area contributed by atoms with E-state index < -0.39 is 23.6 Å². The molecule has 1 N–H and O–H groups in total. The Balaban J connectivity index is 1.95. The van der Waals surface area contributed by atoms with Gasteiger partial charge in [-0.2, -0.15) is 13.2 Å². The molecule has 1 amide bonds. The molecule has 0 saturated heterocycles. The summed E-state index contributed by atoms with van der Waals surface area (Å²) in [5.74, 6) is -1.18. The second kappa shape index (κ2) is 7.29. The van der Waals surface area contributed by atoms with E-state index >= 15 is 0 Å². The number of aromatic nitrogens is 2. The fraction of sp³-hybridized carbons (Fsp3) is 0.250. The lowest BCUT2D eigenvalue weighted by molar-refractivity contribution is -0.384. The summed E-state index contributed by atoms with van der Waals surface area (Å²) < 4.78 is 41.1. The zero-order valence-electron chi connectivity index (χ0n) is 11.7. The van der Waals surface area contributed by atoms with E-state index in [1.807, 2.05) is 0 Å². The number of carbonyl (C=O) groups excluding carboxylic acids is 1. The highest BCUT2D eigenvalue weighted by Crippen LogP contribution is 2.25. The second-order valence-electron chi connectivity index (χ2n) is 4.36. The summed E-state index contributed by atoms with van der Waals surface area (Å²) >= 11 is 0.752. The minimum Gasteiger partial charge on any atom is -0.411 e. The Hall–Kier alpha value is -2.63. The van der Waals surface area contributed by atoms with Crippen molar-refractivity contribution in [2.45, 2.75) is 11.4 Å². The van der Waals surface area contributed by atoms with Gasteiger partial charge in [0.2, 0.25) is 11.8 Å². The fourth-order valence-electron chi connectivity index (χ4n) is 1.51. The molecule has 2 rings (SSSR count). The van der Waals surface area contributed by atoms with Crippen LogP contribution in [0.3, 0.4) is 0 Å². The average molecular weight is 362 g/mol. The molecule has 0 unspecified atom stereocenters. The number of nitro benzene ring substituents is 1. The molecule has 1 aromatic heterocycles. The Bertz CT molecular complexity index is 750. The number of rotatable bonds is 6. The summed E-state index contributed by atoms with van der Waals surface area (Å²) in [6.07, 6.45) is -4.49. The molecule has 0 saturated carbocycles. The number of halogens is 3. The van der Waals surface area contributed by atoms with Crippen LogP contribution in [0.5, 0.6) is 0 Å². The maximum absolute atomic E-state index is 11.9. The quantitative estimate of drug-likeness (QED) is 0.477. The highest BCUT2D eigenvalue weighted by Gasteiger charge is 2.27. The fourth-order valence-corrected chi connectivity index (χ4v) is 2.11. The molecule has 0 spiro atoms. The molecule has 0 bridgehead atoms. The largest absolute Gasteiger partial charge is 0.411 e. The van der Waals surface area contributed by atoms with Crippen LogP contribution in [0.25, 0.3) is 11.5 Å². The van der Waals surface area contributed by atoms with Crippen molar-refractivity contribution >= 4 is 23.4 Å². The lowest BCUT2D eigenvalue weighted by Gasteiger charge is -2.06. The van der Waals surface area contributed by atoms with Gasteiger partial charge in [0.05, 0.1) is 10.7 Å². The first-order valence-corrected chi connectivity index (χ1v) is 7.28. The molecule has 2 aromatic rings. The number of nitro groups is 1. The Labute approximate surface area is 136 Å². The van der Waals surface area contributed by atoms with Crippen molar-refractivity contribution in [2.75, 3.05) is 12.3 Å². The predicted octanol–water partition coefficient (Wildman–Crippen LogP) is 2.42. The maximum Gasteiger partial charge on any atom is 0.405 e. The van der Waals surface area contributed by atoms with Gasteiger partial charge in [-0.3, -0.25) is 14.9 Å². The Morgan fingerprint density at radius 2 is 2.12 bits per heavy atom. The highest BCUT2D eigenvalue weighted by atomic mass is 32.2. The highest BCUT2D eigenvalue weighted by molar-refractivity contribution is 7.99. The molecule has 1 heterocycles. The molecule has 0 atom stereocenters. The van der Waals surface area contributed by atoms with Crippen LogP contribution >= 0.6 is 11.8 Å². The second-order valence-corrected chi connectivity index (χ2v) is 5.29. The van der Waals surface area contributed by atoms with Gasteiger partial charge in [-0.05, 0) is 6.07 Å². The van der Waals surface area contributed by atoms with Crippen LogP contribution in [0.2, 0.25) is 0 Å². The average Bonchev–Trinajstić information content (AvgIpc) is 2.99. The molecule has 8 nitrogen and oxygen atoms in total. The molecule has 12 heteroatoms. The van der Waals surface area contributed by atoms with Gasteiger partial charge < -0.3 is 9.73 Å². The number of carbonyl (C=O) groups is 1. The number of amides is 1. The van der Waals surface area contributed by atoms with Gasteiger partial charge in [-0.15, -0.1) is 10.2 Å². The van der Waals surface area contributed by atoms with Crippen molar-refractivity contribution in [3.05, 3.63) is 34.4 Å². The summed E-state index contributed by atoms with van der Waals surface area (Å²) in [4.78, 5) is 21.4. The summed E-state index contributed by atoms with van der Waals surface area (Å²) in [6, 6.07) is 5.48. The van der Waals surface area contributed by atoms with Crippen LogP contribution in [0.15, 0.2) is 33.9 Å². The predicted molar refractivity (Wildman–Crippen MR) is 76.2 cm³/mol. The monoisotopic (exact) mass is 362 g/mol. The maximum atomic E-state index is 11.9. The van der Waals surface area contributed by atoms with Crippen LogP contribution in [-0.2, 0) is 4.79 Å². The van der Waals surface area contributed by atoms with Crippen LogP contribution in [0.1, 0.15) is 0 Å². The van der Waals surface area contributed by atoms with E-state index in [-0.39, 0.29) is 22.6 Å². The van der Waals surface area contributed by atoms with Crippen molar-refractivity contribution in [1.82, 2.24) is 15.5 Å². The van der Waals surface area contributed by atoms with E-state index in [1.165, 1.54) is 24.3 Å². The minimum atomic E-state index is -4.49. The van der Waals surface area contributed by atoms with Gasteiger partial charge >= 0.3 is 6.18 Å². The van der Waals surface area contributed by atoms with Gasteiger partial charge in [0.25, 0.3) is 10.9 Å². The first-order valence-electron chi connectivity index (χ1n) is 6.29. The van der Waals surface area contributed by atoms with Crippen LogP contribution in [-0.4, -0.2) is 39.5 Å². The Morgan fingerprint density at radius 1 is 1.38 bits per heavy atom. The van der Waals surface area contributed by atoms with Crippen LogP contribution in [0.4, 0.5) is 18.9 Å². The first-order chi connectivity index (χ1) is 11.2. The van der Waals surface area contributed by atoms with Crippen molar-refractivity contribution in [3.63, 3.8) is 0 Å². The Morgan fingerprint density at radius 3 is 2.79 bits per heavy atom. The molecule has 24 heavy (non-hydrogen) atoms. The number of alkyl halides is 3. The number of benzene rings is 1. The molecule has 0 aliphatic carbocycles. The summed E-state index contributed by atoms with van der Waals surface area (Å²) in [7, 11) is 0. The normalized spacial score (nSPS) is 11.3. The summed E-state index contributed by atoms with van der Waals surface area (Å²) in [6.45, 7) is -1.42. The number of hydrogen-bond acceptors (Lipinski definition) is 7. The topological polar surface area (TPSA) is 111 Å². The van der Waals surface area contributed by atoms with Crippen molar-refractivity contribution < 1.29 is 27.3 Å². The lowest BCUT2D eigenvalue weighted by atomic mass is 10.2. The van der Waals surface area contributed by atoms with Crippen molar-refractivity contribution in [2.24, 2.45) is 0 Å². The molecular weight excluding hydrogens is 353 g/mol. The smallest absolute Gasteiger partial charge is 0.405 e. The summed E-state index contributed by atoms with van der Waals surface area (Å²) in [5.41, 5.74) is 0.150. The van der Waals surface area contributed by atoms with Gasteiger partial charge in [-0.1, -0.05) is 17.8 Å². The molecule has 0 fully saturated rings. The molecular formula is C12H9F3N4O4S. The van der Waals surface area contributed by atoms with E-state index in [1.54, 1.807) is 5.32 Å². The Kier molecular flexibility index (Phi) is 5.39. The number of nitrogens with one attached hydrogen (secondary N) is 1. The molecule has 0 aliphatic heterocycles. The molecule has 0 radical (unpaired) electrons. The lowest BCUT2D eigenvalue weighted by Crippen LogP contribution is -2.34.